The zero-order chi connectivity index (χ0) is 14.1. The molecule has 2 aromatic rings. The van der Waals surface area contributed by atoms with Crippen molar-refractivity contribution in [2.45, 2.75) is 6.04 Å². The van der Waals surface area contributed by atoms with E-state index < -0.39 is 5.97 Å². The molecular weight excluding hydrogens is 264 g/mol. The maximum absolute atomic E-state index is 12.0. The number of aromatic nitrogens is 5. The zero-order valence-electron chi connectivity index (χ0n) is 10.2. The highest BCUT2D eigenvalue weighted by molar-refractivity contribution is 5.94. The van der Waals surface area contributed by atoms with Gasteiger partial charge in [0.05, 0.1) is 30.2 Å². The quantitative estimate of drug-likeness (QED) is 0.799. The minimum atomic E-state index is -1.12. The fourth-order valence-corrected chi connectivity index (χ4v) is 1.94. The van der Waals surface area contributed by atoms with Crippen LogP contribution in [0.5, 0.6) is 0 Å². The Morgan fingerprint density at radius 1 is 1.30 bits per heavy atom. The van der Waals surface area contributed by atoms with Crippen molar-refractivity contribution < 1.29 is 14.7 Å². The van der Waals surface area contributed by atoms with Gasteiger partial charge in [-0.2, -0.15) is 10.2 Å². The highest BCUT2D eigenvalue weighted by atomic mass is 16.4. The summed E-state index contributed by atoms with van der Waals surface area (Å²) in [5.74, 6) is -1.25. The topological polar surface area (TPSA) is 114 Å². The van der Waals surface area contributed by atoms with E-state index in [0.717, 1.165) is 0 Å². The molecule has 2 aromatic heterocycles. The summed E-state index contributed by atoms with van der Waals surface area (Å²) in [6.07, 6.45) is 4.23. The van der Waals surface area contributed by atoms with Gasteiger partial charge in [-0.05, 0) is 6.07 Å². The second-order valence-corrected chi connectivity index (χ2v) is 4.38. The molecule has 0 spiro atoms. The first kappa shape index (κ1) is 12.2. The molecule has 1 saturated heterocycles. The number of amides is 1. The monoisotopic (exact) mass is 274 g/mol. The Hall–Kier alpha value is -2.84. The molecule has 0 bridgehead atoms. The summed E-state index contributed by atoms with van der Waals surface area (Å²) in [6, 6.07) is 1.55. The summed E-state index contributed by atoms with van der Waals surface area (Å²) in [5, 5.41) is 23.3. The van der Waals surface area contributed by atoms with Crippen LogP contribution in [0.25, 0.3) is 0 Å². The molecule has 9 heteroatoms. The van der Waals surface area contributed by atoms with Gasteiger partial charge in [0.1, 0.15) is 0 Å². The minimum absolute atomic E-state index is 0.0469. The average molecular weight is 274 g/mol. The van der Waals surface area contributed by atoms with E-state index in [4.69, 9.17) is 5.11 Å². The molecule has 1 fully saturated rings. The van der Waals surface area contributed by atoms with Crippen LogP contribution in [0.2, 0.25) is 0 Å². The molecule has 0 saturated carbocycles. The van der Waals surface area contributed by atoms with Crippen LogP contribution in [0, 0.1) is 0 Å². The number of carbonyl (C=O) groups is 2. The normalized spacial score (nSPS) is 14.9. The van der Waals surface area contributed by atoms with Crippen LogP contribution in [0.1, 0.15) is 26.9 Å². The van der Waals surface area contributed by atoms with Crippen LogP contribution in [0.3, 0.4) is 0 Å². The number of carboxylic acids is 1. The maximum Gasteiger partial charge on any atom is 0.358 e. The van der Waals surface area contributed by atoms with Crippen molar-refractivity contribution in [1.82, 2.24) is 30.1 Å². The summed E-state index contributed by atoms with van der Waals surface area (Å²) < 4.78 is 1.47. The van der Waals surface area contributed by atoms with Gasteiger partial charge < -0.3 is 10.0 Å². The van der Waals surface area contributed by atoms with Gasteiger partial charge in [0.25, 0.3) is 5.91 Å². The van der Waals surface area contributed by atoms with Gasteiger partial charge >= 0.3 is 5.97 Å². The fourth-order valence-electron chi connectivity index (χ4n) is 1.94. The lowest BCUT2D eigenvalue weighted by molar-refractivity contribution is 0.0497. The number of hydrogen-bond acceptors (Lipinski definition) is 6. The van der Waals surface area contributed by atoms with Gasteiger partial charge in [-0.3, -0.25) is 4.79 Å². The predicted octanol–water partition coefficient (Wildman–Crippen LogP) is -0.537. The van der Waals surface area contributed by atoms with E-state index in [-0.39, 0.29) is 17.6 Å². The Bertz CT molecular complexity index is 649. The van der Waals surface area contributed by atoms with Gasteiger partial charge in [0.2, 0.25) is 0 Å². The molecule has 0 unspecified atom stereocenters. The van der Waals surface area contributed by atoms with Gasteiger partial charge in [-0.15, -0.1) is 5.10 Å². The largest absolute Gasteiger partial charge is 0.476 e. The summed E-state index contributed by atoms with van der Waals surface area (Å²) in [5.41, 5.74) is 0.372. The van der Waals surface area contributed by atoms with Crippen molar-refractivity contribution in [3.63, 3.8) is 0 Å². The summed E-state index contributed by atoms with van der Waals surface area (Å²) in [7, 11) is 0. The van der Waals surface area contributed by atoms with Crippen LogP contribution in [-0.4, -0.2) is 60.2 Å². The van der Waals surface area contributed by atoms with Crippen LogP contribution in [0.15, 0.2) is 24.7 Å². The summed E-state index contributed by atoms with van der Waals surface area (Å²) in [4.78, 5) is 24.4. The average Bonchev–Trinajstić information content (AvgIpc) is 2.87. The van der Waals surface area contributed by atoms with Gasteiger partial charge in [-0.25, -0.2) is 9.48 Å². The number of carbonyl (C=O) groups excluding carboxylic acids is 1. The lowest BCUT2D eigenvalue weighted by Crippen LogP contribution is -2.50. The number of aromatic carboxylic acids is 1. The van der Waals surface area contributed by atoms with Crippen molar-refractivity contribution in [3.8, 4) is 0 Å². The Morgan fingerprint density at radius 3 is 2.70 bits per heavy atom. The Morgan fingerprint density at radius 2 is 2.10 bits per heavy atom. The second-order valence-electron chi connectivity index (χ2n) is 4.38. The summed E-state index contributed by atoms with van der Waals surface area (Å²) >= 11 is 0. The Balaban J connectivity index is 1.63. The molecule has 1 N–H and O–H groups in total. The molecule has 0 aliphatic carbocycles. The Labute approximate surface area is 112 Å². The molecule has 1 aliphatic rings. The number of hydrogen-bond donors (Lipinski definition) is 1. The molecule has 0 radical (unpaired) electrons. The third-order valence-electron chi connectivity index (χ3n) is 3.08. The first-order valence-electron chi connectivity index (χ1n) is 5.86. The molecule has 20 heavy (non-hydrogen) atoms. The molecule has 1 amide bonds. The molecule has 102 valence electrons. The van der Waals surface area contributed by atoms with E-state index in [0.29, 0.717) is 18.7 Å². The fraction of sp³-hybridized carbons (Fsp3) is 0.273. The van der Waals surface area contributed by atoms with Crippen molar-refractivity contribution in [1.29, 1.82) is 0 Å². The van der Waals surface area contributed by atoms with E-state index in [1.54, 1.807) is 11.0 Å². The van der Waals surface area contributed by atoms with Crippen molar-refractivity contribution in [2.24, 2.45) is 0 Å². The van der Waals surface area contributed by atoms with Crippen LogP contribution >= 0.6 is 0 Å². The second kappa shape index (κ2) is 4.68. The summed E-state index contributed by atoms with van der Waals surface area (Å²) in [6.45, 7) is 0.924. The number of nitrogens with zero attached hydrogens (tertiary/aromatic N) is 6. The van der Waals surface area contributed by atoms with Crippen LogP contribution < -0.4 is 0 Å². The zero-order valence-corrected chi connectivity index (χ0v) is 10.2. The smallest absolute Gasteiger partial charge is 0.358 e. The molecule has 0 aromatic carbocycles. The maximum atomic E-state index is 12.0. The molecule has 3 heterocycles. The van der Waals surface area contributed by atoms with Crippen molar-refractivity contribution in [3.05, 3.63) is 35.9 Å². The lowest BCUT2D eigenvalue weighted by Gasteiger charge is -2.38. The molecule has 1 aliphatic heterocycles. The lowest BCUT2D eigenvalue weighted by atomic mass is 10.1. The van der Waals surface area contributed by atoms with E-state index in [1.165, 1.54) is 23.3 Å². The van der Waals surface area contributed by atoms with Crippen molar-refractivity contribution >= 4 is 11.9 Å². The molecular formula is C11H10N6O3. The third kappa shape index (κ3) is 2.09. The Kier molecular flexibility index (Phi) is 2.86. The number of carboxylic acid groups (broad SMARTS) is 1. The van der Waals surface area contributed by atoms with Gasteiger partial charge in [-0.1, -0.05) is 5.21 Å². The van der Waals surface area contributed by atoms with E-state index in [1.807, 2.05) is 0 Å². The predicted molar refractivity (Wildman–Crippen MR) is 64.0 cm³/mol. The van der Waals surface area contributed by atoms with E-state index in [2.05, 4.69) is 20.5 Å². The SMILES string of the molecule is O=C(O)c1cn(C2CN(C(=O)c3ccnnc3)C2)nn1. The first-order valence-corrected chi connectivity index (χ1v) is 5.86. The molecule has 0 atom stereocenters. The van der Waals surface area contributed by atoms with Crippen LogP contribution in [-0.2, 0) is 0 Å². The number of likely N-dealkylation sites (tertiary alicyclic amines) is 1. The standard InChI is InChI=1S/C11H10N6O3/c18-10(7-1-2-12-13-3-7)16-4-8(5-16)17-6-9(11(19)20)14-15-17/h1-3,6,8H,4-5H2,(H,19,20). The van der Waals surface area contributed by atoms with Crippen LogP contribution in [0.4, 0.5) is 0 Å². The van der Waals surface area contributed by atoms with Crippen molar-refractivity contribution in [2.75, 3.05) is 13.1 Å². The number of rotatable bonds is 3. The van der Waals surface area contributed by atoms with Gasteiger partial charge in [0.15, 0.2) is 5.69 Å². The molecule has 9 nitrogen and oxygen atoms in total. The van der Waals surface area contributed by atoms with E-state index in [9.17, 15) is 9.59 Å². The van der Waals surface area contributed by atoms with Gasteiger partial charge in [0, 0.05) is 13.1 Å². The van der Waals surface area contributed by atoms with E-state index >= 15 is 0 Å². The third-order valence-corrected chi connectivity index (χ3v) is 3.08. The minimum Gasteiger partial charge on any atom is -0.476 e. The first-order chi connectivity index (χ1) is 9.65. The highest BCUT2D eigenvalue weighted by Gasteiger charge is 2.33. The molecule has 3 rings (SSSR count). The highest BCUT2D eigenvalue weighted by Crippen LogP contribution is 2.22.